The maximum atomic E-state index is 11.3. The molecule has 0 amide bonds. The van der Waals surface area contributed by atoms with Gasteiger partial charge in [0, 0.05) is 0 Å². The van der Waals surface area contributed by atoms with Crippen LogP contribution in [-0.2, 0) is 16.2 Å². The Morgan fingerprint density at radius 1 is 0.373 bits per heavy atom. The summed E-state index contributed by atoms with van der Waals surface area (Å²) in [6.45, 7) is 33.3. The van der Waals surface area contributed by atoms with Crippen molar-refractivity contribution >= 4 is 0 Å². The van der Waals surface area contributed by atoms with Crippen LogP contribution in [0.3, 0.4) is 0 Å². The lowest BCUT2D eigenvalue weighted by atomic mass is 9.72. The van der Waals surface area contributed by atoms with Gasteiger partial charge in [-0.05, 0) is 105 Å². The minimum atomic E-state index is -0.199. The lowest BCUT2D eigenvalue weighted by Crippen LogP contribution is -2.25. The summed E-state index contributed by atoms with van der Waals surface area (Å²) in [6.07, 6.45) is 2.77. The van der Waals surface area contributed by atoms with Crippen molar-refractivity contribution in [3.63, 3.8) is 0 Å². The molecule has 3 aromatic carbocycles. The maximum Gasteiger partial charge on any atom is 0.167 e. The number of hydrogen-bond donors (Lipinski definition) is 3. The second-order valence-electron chi connectivity index (χ2n) is 20.4. The SMILES string of the molecule is CC(C)(C)CC(C)(C)c1ccc(O)c(-c2nc(-c3cc(C(C)(C)CC(C)(C)C)ccc3O)nc(-c3cc(C(C)(C)CC(C)(C)C)ccc3O)n2)c1. The number of aromatic nitrogens is 3. The monoisotopic (exact) mass is 693 g/mol. The molecular formula is C45H63N3O3. The molecule has 0 aliphatic carbocycles. The van der Waals surface area contributed by atoms with Gasteiger partial charge >= 0.3 is 0 Å². The van der Waals surface area contributed by atoms with E-state index in [1.54, 1.807) is 18.2 Å². The molecule has 1 heterocycles. The summed E-state index contributed by atoms with van der Waals surface area (Å²) in [4.78, 5) is 14.8. The number of benzene rings is 3. The molecule has 1 aromatic heterocycles. The molecule has 4 rings (SSSR count). The minimum absolute atomic E-state index is 0.0435. The first-order valence-corrected chi connectivity index (χ1v) is 18.3. The van der Waals surface area contributed by atoms with E-state index in [-0.39, 0.29) is 67.2 Å². The summed E-state index contributed by atoms with van der Waals surface area (Å²) in [5.41, 5.74) is 4.21. The van der Waals surface area contributed by atoms with Gasteiger partial charge in [-0.15, -0.1) is 0 Å². The third kappa shape index (κ3) is 9.90. The van der Waals surface area contributed by atoms with Crippen molar-refractivity contribution in [2.45, 2.75) is 139 Å². The summed E-state index contributed by atoms with van der Waals surface area (Å²) < 4.78 is 0. The molecule has 0 radical (unpaired) electrons. The Hall–Kier alpha value is -3.93. The molecule has 0 aliphatic rings. The summed E-state index contributed by atoms with van der Waals surface area (Å²) in [6, 6.07) is 16.9. The Bertz CT molecular complexity index is 1650. The van der Waals surface area contributed by atoms with E-state index in [4.69, 9.17) is 15.0 Å². The van der Waals surface area contributed by atoms with Crippen LogP contribution < -0.4 is 0 Å². The summed E-state index contributed by atoms with van der Waals surface area (Å²) >= 11 is 0. The Morgan fingerprint density at radius 3 is 0.784 bits per heavy atom. The fourth-order valence-corrected chi connectivity index (χ4v) is 8.43. The van der Waals surface area contributed by atoms with Crippen molar-refractivity contribution in [3.8, 4) is 51.4 Å². The first-order chi connectivity index (χ1) is 23.1. The molecule has 0 bridgehead atoms. The minimum Gasteiger partial charge on any atom is -0.507 e. The van der Waals surface area contributed by atoms with Crippen LogP contribution in [-0.4, -0.2) is 30.3 Å². The summed E-state index contributed by atoms with van der Waals surface area (Å²) in [5.74, 6) is 0.918. The average Bonchev–Trinajstić information content (AvgIpc) is 2.93. The van der Waals surface area contributed by atoms with Gasteiger partial charge in [0.25, 0.3) is 0 Å². The molecule has 3 N–H and O–H groups in total. The summed E-state index contributed by atoms with van der Waals surface area (Å²) in [7, 11) is 0. The van der Waals surface area contributed by atoms with E-state index >= 15 is 0 Å². The number of rotatable bonds is 9. The largest absolute Gasteiger partial charge is 0.507 e. The van der Waals surface area contributed by atoms with Gasteiger partial charge in [-0.2, -0.15) is 0 Å². The van der Waals surface area contributed by atoms with E-state index in [1.807, 2.05) is 36.4 Å². The third-order valence-electron chi connectivity index (χ3n) is 9.61. The van der Waals surface area contributed by atoms with E-state index in [0.29, 0.717) is 16.7 Å². The topological polar surface area (TPSA) is 99.4 Å². The van der Waals surface area contributed by atoms with Crippen LogP contribution in [0.15, 0.2) is 54.6 Å². The molecule has 4 aromatic rings. The highest BCUT2D eigenvalue weighted by Gasteiger charge is 2.32. The van der Waals surface area contributed by atoms with Crippen LogP contribution in [0.5, 0.6) is 17.2 Å². The molecule has 6 heteroatoms. The average molecular weight is 694 g/mol. The quantitative estimate of drug-likeness (QED) is 0.161. The standard InChI is InChI=1S/C45H63N3O3/c1-40(2,3)25-43(10,11)28-16-19-34(49)31(22-28)37-46-38(32-23-29(17-20-35(32)50)44(12,13)26-41(4,5)6)48-39(47-37)33-24-30(18-21-36(33)51)45(14,15)27-42(7,8)9/h16-24,49-51H,25-27H2,1-15H3. The van der Waals surface area contributed by atoms with Crippen LogP contribution in [0.2, 0.25) is 0 Å². The van der Waals surface area contributed by atoms with Gasteiger partial charge in [0.2, 0.25) is 0 Å². The highest BCUT2D eigenvalue weighted by molar-refractivity contribution is 5.74. The van der Waals surface area contributed by atoms with Crippen molar-refractivity contribution in [1.82, 2.24) is 15.0 Å². The second kappa shape index (κ2) is 13.6. The molecule has 0 saturated carbocycles. The smallest absolute Gasteiger partial charge is 0.167 e. The molecule has 0 aliphatic heterocycles. The number of nitrogens with zero attached hydrogens (tertiary/aromatic N) is 3. The number of phenols is 3. The second-order valence-corrected chi connectivity index (χ2v) is 20.4. The van der Waals surface area contributed by atoms with Crippen LogP contribution in [0.4, 0.5) is 0 Å². The number of phenolic OH excluding ortho intramolecular Hbond substituents is 3. The van der Waals surface area contributed by atoms with Gasteiger partial charge in [0.05, 0.1) is 16.7 Å². The van der Waals surface area contributed by atoms with E-state index < -0.39 is 0 Å². The maximum absolute atomic E-state index is 11.3. The number of hydrogen-bond acceptors (Lipinski definition) is 6. The van der Waals surface area contributed by atoms with Crippen molar-refractivity contribution < 1.29 is 15.3 Å². The van der Waals surface area contributed by atoms with Crippen molar-refractivity contribution in [3.05, 3.63) is 71.3 Å². The van der Waals surface area contributed by atoms with Crippen LogP contribution in [0.25, 0.3) is 34.2 Å². The molecule has 51 heavy (non-hydrogen) atoms. The zero-order chi connectivity index (χ0) is 38.5. The van der Waals surface area contributed by atoms with Gasteiger partial charge < -0.3 is 15.3 Å². The summed E-state index contributed by atoms with van der Waals surface area (Å²) in [5, 5.41) is 34.0. The van der Waals surface area contributed by atoms with Crippen LogP contribution >= 0.6 is 0 Å². The molecule has 0 unspecified atom stereocenters. The highest BCUT2D eigenvalue weighted by atomic mass is 16.3. The van der Waals surface area contributed by atoms with Gasteiger partial charge in [0.1, 0.15) is 17.2 Å². The third-order valence-corrected chi connectivity index (χ3v) is 9.61. The van der Waals surface area contributed by atoms with Gasteiger partial charge in [0.15, 0.2) is 17.5 Å². The molecular weight excluding hydrogens is 631 g/mol. The van der Waals surface area contributed by atoms with Crippen molar-refractivity contribution in [2.24, 2.45) is 16.2 Å². The van der Waals surface area contributed by atoms with Gasteiger partial charge in [-0.1, -0.05) is 122 Å². The Labute approximate surface area is 307 Å². The zero-order valence-electron chi connectivity index (χ0n) is 34.0. The van der Waals surface area contributed by atoms with Crippen LogP contribution in [0, 0.1) is 16.2 Å². The van der Waals surface area contributed by atoms with E-state index in [1.165, 1.54) is 0 Å². The van der Waals surface area contributed by atoms with E-state index in [9.17, 15) is 15.3 Å². The van der Waals surface area contributed by atoms with Gasteiger partial charge in [-0.3, -0.25) is 0 Å². The predicted molar refractivity (Wildman–Crippen MR) is 212 cm³/mol. The van der Waals surface area contributed by atoms with E-state index in [0.717, 1.165) is 36.0 Å². The van der Waals surface area contributed by atoms with Crippen LogP contribution in [0.1, 0.15) is 140 Å². The normalized spacial score (nSPS) is 13.5. The number of aromatic hydroxyl groups is 3. The van der Waals surface area contributed by atoms with Gasteiger partial charge in [-0.25, -0.2) is 15.0 Å². The van der Waals surface area contributed by atoms with E-state index in [2.05, 4.69) is 104 Å². The Morgan fingerprint density at radius 2 is 0.588 bits per heavy atom. The van der Waals surface area contributed by atoms with Crippen molar-refractivity contribution in [1.29, 1.82) is 0 Å². The first-order valence-electron chi connectivity index (χ1n) is 18.3. The fourth-order valence-electron chi connectivity index (χ4n) is 8.43. The predicted octanol–water partition coefficient (Wildman–Crippen LogP) is 12.1. The molecule has 0 spiro atoms. The fraction of sp³-hybridized carbons (Fsp3) is 0.533. The lowest BCUT2D eigenvalue weighted by molar-refractivity contribution is 0.283. The molecule has 0 atom stereocenters. The zero-order valence-corrected chi connectivity index (χ0v) is 34.0. The lowest BCUT2D eigenvalue weighted by Gasteiger charge is -2.33. The Balaban J connectivity index is 2.02. The molecule has 6 nitrogen and oxygen atoms in total. The first kappa shape index (κ1) is 39.8. The Kier molecular flexibility index (Phi) is 10.6. The molecule has 0 saturated heterocycles. The highest BCUT2D eigenvalue weighted by Crippen LogP contribution is 2.44. The molecule has 276 valence electrons. The molecule has 0 fully saturated rings. The van der Waals surface area contributed by atoms with Crippen molar-refractivity contribution in [2.75, 3.05) is 0 Å².